The van der Waals surface area contributed by atoms with Gasteiger partial charge in [-0.05, 0) is 84.2 Å². The standard InChI is InChI=1S/C18H21NO2S2/c20-23(21,17-6-5-14-3-1-2-4-15(14)11-17)19-13-18(8-9-18)16-7-10-22-12-16/h5-7,10-12,19H,1-4,8-9,13H2. The third kappa shape index (κ3) is 2.97. The zero-order valence-electron chi connectivity index (χ0n) is 13.0. The summed E-state index contributed by atoms with van der Waals surface area (Å²) >= 11 is 1.67. The van der Waals surface area contributed by atoms with Gasteiger partial charge in [-0.1, -0.05) is 6.07 Å². The monoisotopic (exact) mass is 347 g/mol. The van der Waals surface area contributed by atoms with E-state index in [9.17, 15) is 8.42 Å². The third-order valence-electron chi connectivity index (χ3n) is 5.22. The molecule has 2 aromatic rings. The Morgan fingerprint density at radius 2 is 1.87 bits per heavy atom. The molecule has 0 unspecified atom stereocenters. The lowest BCUT2D eigenvalue weighted by Gasteiger charge is -2.18. The van der Waals surface area contributed by atoms with Gasteiger partial charge in [-0.2, -0.15) is 11.3 Å². The molecule has 1 fully saturated rings. The zero-order valence-corrected chi connectivity index (χ0v) is 14.7. The normalized spacial score (nSPS) is 19.3. The summed E-state index contributed by atoms with van der Waals surface area (Å²) in [4.78, 5) is 0.416. The van der Waals surface area contributed by atoms with Gasteiger partial charge in [-0.15, -0.1) is 0 Å². The smallest absolute Gasteiger partial charge is 0.210 e. The van der Waals surface area contributed by atoms with Gasteiger partial charge in [-0.3, -0.25) is 0 Å². The third-order valence-corrected chi connectivity index (χ3v) is 7.30. The summed E-state index contributed by atoms with van der Waals surface area (Å²) in [5, 5.41) is 4.20. The Balaban J connectivity index is 1.52. The predicted octanol–water partition coefficient (Wildman–Crippen LogP) is 3.64. The molecule has 0 atom stereocenters. The lowest BCUT2D eigenvalue weighted by Crippen LogP contribution is -2.32. The van der Waals surface area contributed by atoms with E-state index in [0.29, 0.717) is 11.4 Å². The average molecular weight is 348 g/mol. The van der Waals surface area contributed by atoms with Crippen molar-refractivity contribution in [2.45, 2.75) is 48.8 Å². The molecule has 0 spiro atoms. The van der Waals surface area contributed by atoms with Gasteiger partial charge in [0.05, 0.1) is 4.90 Å². The van der Waals surface area contributed by atoms with Gasteiger partial charge < -0.3 is 0 Å². The van der Waals surface area contributed by atoms with E-state index in [-0.39, 0.29) is 5.41 Å². The molecule has 0 aliphatic heterocycles. The molecule has 1 aromatic carbocycles. The maximum absolute atomic E-state index is 12.7. The van der Waals surface area contributed by atoms with E-state index in [1.54, 1.807) is 17.4 Å². The molecular weight excluding hydrogens is 326 g/mol. The highest BCUT2D eigenvalue weighted by atomic mass is 32.2. The minimum atomic E-state index is -3.42. The second-order valence-electron chi connectivity index (χ2n) is 6.75. The first-order valence-electron chi connectivity index (χ1n) is 8.23. The van der Waals surface area contributed by atoms with Crippen LogP contribution in [0.1, 0.15) is 42.4 Å². The largest absolute Gasteiger partial charge is 0.240 e. The summed E-state index contributed by atoms with van der Waals surface area (Å²) in [5.41, 5.74) is 3.82. The molecule has 1 aromatic heterocycles. The number of benzene rings is 1. The van der Waals surface area contributed by atoms with Gasteiger partial charge in [0.15, 0.2) is 0 Å². The zero-order chi connectivity index (χ0) is 15.9. The molecule has 0 bridgehead atoms. The van der Waals surface area contributed by atoms with Crippen molar-refractivity contribution in [3.05, 3.63) is 51.7 Å². The van der Waals surface area contributed by atoms with Crippen LogP contribution in [0, 0.1) is 0 Å². The molecule has 0 saturated heterocycles. The number of hydrogen-bond acceptors (Lipinski definition) is 3. The number of sulfonamides is 1. The van der Waals surface area contributed by atoms with Gasteiger partial charge >= 0.3 is 0 Å². The van der Waals surface area contributed by atoms with Crippen molar-refractivity contribution in [3.8, 4) is 0 Å². The highest BCUT2D eigenvalue weighted by molar-refractivity contribution is 7.89. The molecule has 1 N–H and O–H groups in total. The lowest BCUT2D eigenvalue weighted by atomic mass is 9.92. The van der Waals surface area contributed by atoms with E-state index in [1.807, 2.05) is 12.1 Å². The topological polar surface area (TPSA) is 46.2 Å². The van der Waals surface area contributed by atoms with E-state index >= 15 is 0 Å². The van der Waals surface area contributed by atoms with Gasteiger partial charge in [0.1, 0.15) is 0 Å². The van der Waals surface area contributed by atoms with Crippen molar-refractivity contribution in [2.75, 3.05) is 6.54 Å². The Hall–Kier alpha value is -1.17. The van der Waals surface area contributed by atoms with Gasteiger partial charge in [-0.25, -0.2) is 13.1 Å². The maximum atomic E-state index is 12.7. The van der Waals surface area contributed by atoms with Crippen LogP contribution in [0.3, 0.4) is 0 Å². The fourth-order valence-corrected chi connectivity index (χ4v) is 5.43. The molecule has 2 aliphatic carbocycles. The molecule has 23 heavy (non-hydrogen) atoms. The maximum Gasteiger partial charge on any atom is 0.240 e. The van der Waals surface area contributed by atoms with Crippen LogP contribution in [0.2, 0.25) is 0 Å². The van der Waals surface area contributed by atoms with Crippen LogP contribution in [-0.2, 0) is 28.3 Å². The number of nitrogens with one attached hydrogen (secondary N) is 1. The van der Waals surface area contributed by atoms with Gasteiger partial charge in [0, 0.05) is 12.0 Å². The van der Waals surface area contributed by atoms with E-state index in [2.05, 4.69) is 21.5 Å². The summed E-state index contributed by atoms with van der Waals surface area (Å²) < 4.78 is 28.2. The molecular formula is C18H21NO2S2. The van der Waals surface area contributed by atoms with Crippen molar-refractivity contribution in [3.63, 3.8) is 0 Å². The van der Waals surface area contributed by atoms with Gasteiger partial charge in [0.25, 0.3) is 0 Å². The SMILES string of the molecule is O=S(=O)(NCC1(c2ccsc2)CC1)c1ccc2c(c1)CCCC2. The second kappa shape index (κ2) is 5.72. The molecule has 5 heteroatoms. The number of hydrogen-bond donors (Lipinski definition) is 1. The van der Waals surface area contributed by atoms with Crippen molar-refractivity contribution >= 4 is 21.4 Å². The van der Waals surface area contributed by atoms with Crippen LogP contribution in [0.5, 0.6) is 0 Å². The van der Waals surface area contributed by atoms with Gasteiger partial charge in [0.2, 0.25) is 10.0 Å². The van der Waals surface area contributed by atoms with E-state index < -0.39 is 10.0 Å². The van der Waals surface area contributed by atoms with Crippen molar-refractivity contribution in [1.29, 1.82) is 0 Å². The molecule has 1 heterocycles. The number of thiophene rings is 1. The summed E-state index contributed by atoms with van der Waals surface area (Å²) in [6.07, 6.45) is 6.57. The second-order valence-corrected chi connectivity index (χ2v) is 9.30. The van der Waals surface area contributed by atoms with Crippen LogP contribution >= 0.6 is 11.3 Å². The molecule has 3 nitrogen and oxygen atoms in total. The quantitative estimate of drug-likeness (QED) is 0.897. The number of fused-ring (bicyclic) bond motifs is 1. The van der Waals surface area contributed by atoms with Crippen molar-refractivity contribution in [2.24, 2.45) is 0 Å². The fourth-order valence-electron chi connectivity index (χ4n) is 3.48. The highest BCUT2D eigenvalue weighted by Gasteiger charge is 2.45. The first-order chi connectivity index (χ1) is 11.1. The summed E-state index contributed by atoms with van der Waals surface area (Å²) in [5.74, 6) is 0. The predicted molar refractivity (Wildman–Crippen MR) is 93.5 cm³/mol. The van der Waals surface area contributed by atoms with E-state index in [4.69, 9.17) is 0 Å². The molecule has 1 saturated carbocycles. The van der Waals surface area contributed by atoms with Crippen molar-refractivity contribution < 1.29 is 8.42 Å². The Morgan fingerprint density at radius 1 is 1.09 bits per heavy atom. The number of rotatable bonds is 5. The molecule has 0 radical (unpaired) electrons. The minimum Gasteiger partial charge on any atom is -0.210 e. The van der Waals surface area contributed by atoms with Crippen LogP contribution in [-0.4, -0.2) is 15.0 Å². The van der Waals surface area contributed by atoms with Crippen LogP contribution in [0.15, 0.2) is 39.9 Å². The average Bonchev–Trinajstić information content (AvgIpc) is 3.16. The van der Waals surface area contributed by atoms with Crippen LogP contribution in [0.4, 0.5) is 0 Å². The summed E-state index contributed by atoms with van der Waals surface area (Å²) in [6, 6.07) is 7.75. The lowest BCUT2D eigenvalue weighted by molar-refractivity contribution is 0.567. The van der Waals surface area contributed by atoms with E-state index in [1.165, 1.54) is 23.1 Å². The Kier molecular flexibility index (Phi) is 3.82. The molecule has 0 amide bonds. The first kappa shape index (κ1) is 15.4. The molecule has 122 valence electrons. The van der Waals surface area contributed by atoms with Crippen molar-refractivity contribution in [1.82, 2.24) is 4.72 Å². The van der Waals surface area contributed by atoms with E-state index in [0.717, 1.165) is 32.1 Å². The molecule has 2 aliphatic rings. The Morgan fingerprint density at radius 3 is 2.57 bits per heavy atom. The van der Waals surface area contributed by atoms with Crippen LogP contribution in [0.25, 0.3) is 0 Å². The van der Waals surface area contributed by atoms with Crippen LogP contribution < -0.4 is 4.72 Å². The summed E-state index contributed by atoms with van der Waals surface area (Å²) in [7, 11) is -3.42. The highest BCUT2D eigenvalue weighted by Crippen LogP contribution is 2.48. The fraction of sp³-hybridized carbons (Fsp3) is 0.444. The Bertz CT molecular complexity index is 806. The first-order valence-corrected chi connectivity index (χ1v) is 10.7. The minimum absolute atomic E-state index is 0.0290. The molecule has 4 rings (SSSR count). The summed E-state index contributed by atoms with van der Waals surface area (Å²) in [6.45, 7) is 0.503. The number of aryl methyl sites for hydroxylation is 2. The Labute approximate surface area is 141 Å².